The lowest BCUT2D eigenvalue weighted by atomic mass is 9.89. The topological polar surface area (TPSA) is 79.7 Å². The SMILES string of the molecule is Cc1cc(C)c2[nH]c(=O)c([C@@H](c3nnnn3Cc3ccccc3)N3CCC(Cc4ccccc4)CC3)cc2c1. The van der Waals surface area contributed by atoms with Crippen molar-refractivity contribution in [3.05, 3.63) is 123 Å². The highest BCUT2D eigenvalue weighted by Gasteiger charge is 2.33. The van der Waals surface area contributed by atoms with Crippen LogP contribution in [0.3, 0.4) is 0 Å². The van der Waals surface area contributed by atoms with Gasteiger partial charge in [0.15, 0.2) is 5.82 Å². The molecular weight excluding hydrogens is 484 g/mol. The van der Waals surface area contributed by atoms with Crippen LogP contribution < -0.4 is 5.56 Å². The lowest BCUT2D eigenvalue weighted by molar-refractivity contribution is 0.143. The number of rotatable bonds is 7. The van der Waals surface area contributed by atoms with Gasteiger partial charge >= 0.3 is 0 Å². The van der Waals surface area contributed by atoms with Gasteiger partial charge < -0.3 is 4.98 Å². The van der Waals surface area contributed by atoms with Gasteiger partial charge in [-0.2, -0.15) is 0 Å². The fourth-order valence-corrected chi connectivity index (χ4v) is 6.05. The summed E-state index contributed by atoms with van der Waals surface area (Å²) in [4.78, 5) is 19.2. The zero-order valence-corrected chi connectivity index (χ0v) is 22.5. The number of hydrogen-bond donors (Lipinski definition) is 1. The summed E-state index contributed by atoms with van der Waals surface area (Å²) in [6, 6.07) is 26.9. The number of fused-ring (bicyclic) bond motifs is 1. The molecule has 198 valence electrons. The van der Waals surface area contributed by atoms with Crippen molar-refractivity contribution in [1.29, 1.82) is 0 Å². The fourth-order valence-electron chi connectivity index (χ4n) is 6.05. The number of hydrogen-bond acceptors (Lipinski definition) is 5. The first-order valence-electron chi connectivity index (χ1n) is 13.8. The second-order valence-corrected chi connectivity index (χ2v) is 10.9. The number of tetrazole rings is 1. The summed E-state index contributed by atoms with van der Waals surface area (Å²) in [5.41, 5.74) is 6.24. The first-order valence-corrected chi connectivity index (χ1v) is 13.8. The molecule has 1 aliphatic heterocycles. The number of nitrogens with one attached hydrogen (secondary N) is 1. The summed E-state index contributed by atoms with van der Waals surface area (Å²) >= 11 is 0. The number of benzene rings is 3. The fraction of sp³-hybridized carbons (Fsp3) is 0.312. The number of piperidine rings is 1. The molecule has 0 spiro atoms. The maximum atomic E-state index is 13.7. The van der Waals surface area contributed by atoms with Crippen LogP contribution in [-0.4, -0.2) is 43.2 Å². The first kappa shape index (κ1) is 25.2. The Balaban J connectivity index is 1.37. The van der Waals surface area contributed by atoms with Gasteiger partial charge in [-0.1, -0.05) is 72.3 Å². The zero-order valence-electron chi connectivity index (χ0n) is 22.5. The van der Waals surface area contributed by atoms with Crippen LogP contribution in [0.5, 0.6) is 0 Å². The van der Waals surface area contributed by atoms with Crippen LogP contribution in [0.4, 0.5) is 0 Å². The predicted molar refractivity (Wildman–Crippen MR) is 154 cm³/mol. The maximum absolute atomic E-state index is 13.7. The Hall–Kier alpha value is -4.10. The second kappa shape index (κ2) is 10.9. The summed E-state index contributed by atoms with van der Waals surface area (Å²) in [7, 11) is 0. The van der Waals surface area contributed by atoms with E-state index in [2.05, 4.69) is 93.0 Å². The highest BCUT2D eigenvalue weighted by Crippen LogP contribution is 2.32. The number of aryl methyl sites for hydroxylation is 2. The number of aromatic amines is 1. The zero-order chi connectivity index (χ0) is 26.8. The average molecular weight is 519 g/mol. The van der Waals surface area contributed by atoms with Crippen molar-refractivity contribution in [2.75, 3.05) is 13.1 Å². The van der Waals surface area contributed by atoms with Gasteiger partial charge in [-0.3, -0.25) is 9.69 Å². The quantitative estimate of drug-likeness (QED) is 0.319. The minimum absolute atomic E-state index is 0.0832. The Labute approximate surface area is 228 Å². The summed E-state index contributed by atoms with van der Waals surface area (Å²) in [5, 5.41) is 14.0. The summed E-state index contributed by atoms with van der Waals surface area (Å²) in [6.45, 7) is 6.44. The van der Waals surface area contributed by atoms with Crippen molar-refractivity contribution in [3.8, 4) is 0 Å². The molecule has 2 aromatic heterocycles. The van der Waals surface area contributed by atoms with Crippen LogP contribution in [0.15, 0.2) is 83.7 Å². The molecule has 0 aliphatic carbocycles. The maximum Gasteiger partial charge on any atom is 0.253 e. The number of likely N-dealkylation sites (tertiary alicyclic amines) is 1. The van der Waals surface area contributed by atoms with Gasteiger partial charge in [-0.25, -0.2) is 4.68 Å². The molecule has 1 atom stereocenters. The van der Waals surface area contributed by atoms with Crippen molar-refractivity contribution >= 4 is 10.9 Å². The number of pyridine rings is 1. The van der Waals surface area contributed by atoms with Crippen molar-refractivity contribution in [2.45, 2.75) is 45.7 Å². The lowest BCUT2D eigenvalue weighted by Crippen LogP contribution is -2.41. The molecule has 1 fully saturated rings. The first-order chi connectivity index (χ1) is 19.0. The number of aromatic nitrogens is 5. The number of nitrogens with zero attached hydrogens (tertiary/aromatic N) is 5. The third kappa shape index (κ3) is 5.40. The van der Waals surface area contributed by atoms with E-state index in [9.17, 15) is 4.79 Å². The van der Waals surface area contributed by atoms with E-state index in [1.807, 2.05) is 29.8 Å². The molecule has 3 heterocycles. The van der Waals surface area contributed by atoms with Gasteiger partial charge in [0.25, 0.3) is 5.56 Å². The van der Waals surface area contributed by atoms with Gasteiger partial charge in [0.05, 0.1) is 12.1 Å². The second-order valence-electron chi connectivity index (χ2n) is 10.9. The monoisotopic (exact) mass is 518 g/mol. The average Bonchev–Trinajstić information content (AvgIpc) is 3.39. The molecular formula is C32H34N6O. The molecule has 0 unspecified atom stereocenters. The van der Waals surface area contributed by atoms with Crippen LogP contribution in [0.25, 0.3) is 10.9 Å². The van der Waals surface area contributed by atoms with E-state index < -0.39 is 0 Å². The molecule has 1 saturated heterocycles. The molecule has 3 aromatic carbocycles. The van der Waals surface area contributed by atoms with Crippen molar-refractivity contribution < 1.29 is 0 Å². The minimum Gasteiger partial charge on any atom is -0.321 e. The van der Waals surface area contributed by atoms with E-state index in [0.29, 0.717) is 23.9 Å². The molecule has 7 nitrogen and oxygen atoms in total. The Bertz CT molecular complexity index is 1620. The Morgan fingerprint density at radius 2 is 1.62 bits per heavy atom. The highest BCUT2D eigenvalue weighted by molar-refractivity contribution is 5.83. The molecule has 7 heteroatoms. The van der Waals surface area contributed by atoms with E-state index in [1.165, 1.54) is 11.1 Å². The van der Waals surface area contributed by atoms with Crippen LogP contribution in [-0.2, 0) is 13.0 Å². The smallest absolute Gasteiger partial charge is 0.253 e. The van der Waals surface area contributed by atoms with Gasteiger partial charge in [0.2, 0.25) is 0 Å². The predicted octanol–water partition coefficient (Wildman–Crippen LogP) is 5.22. The molecule has 0 radical (unpaired) electrons. The van der Waals surface area contributed by atoms with E-state index in [4.69, 9.17) is 0 Å². The third-order valence-corrected chi connectivity index (χ3v) is 7.98. The highest BCUT2D eigenvalue weighted by atomic mass is 16.1. The van der Waals surface area contributed by atoms with E-state index in [1.54, 1.807) is 0 Å². The molecule has 0 bridgehead atoms. The molecule has 5 aromatic rings. The van der Waals surface area contributed by atoms with E-state index >= 15 is 0 Å². The lowest BCUT2D eigenvalue weighted by Gasteiger charge is -2.37. The van der Waals surface area contributed by atoms with Crippen LogP contribution in [0, 0.1) is 19.8 Å². The van der Waals surface area contributed by atoms with E-state index in [-0.39, 0.29) is 11.6 Å². The normalized spacial score (nSPS) is 15.5. The standard InChI is InChI=1S/C32H34N6O/c1-22-17-23(2)29-27(18-22)20-28(32(39)33-29)30(31-34-35-36-38(31)21-26-11-7-4-8-12-26)37-15-13-25(14-16-37)19-24-9-5-3-6-10-24/h3-12,17-18,20,25,30H,13-16,19,21H2,1-2H3,(H,33,39)/t30-/m0/s1. The van der Waals surface area contributed by atoms with Crippen LogP contribution in [0.1, 0.15) is 52.5 Å². The Morgan fingerprint density at radius 1 is 0.923 bits per heavy atom. The number of H-pyrrole nitrogens is 1. The molecule has 1 N–H and O–H groups in total. The van der Waals surface area contributed by atoms with Crippen molar-refractivity contribution in [1.82, 2.24) is 30.1 Å². The summed E-state index contributed by atoms with van der Waals surface area (Å²) in [5.74, 6) is 1.32. The van der Waals surface area contributed by atoms with Crippen LogP contribution in [0.2, 0.25) is 0 Å². The molecule has 39 heavy (non-hydrogen) atoms. The molecule has 1 aliphatic rings. The summed E-state index contributed by atoms with van der Waals surface area (Å²) in [6.07, 6.45) is 3.21. The Morgan fingerprint density at radius 3 is 2.33 bits per heavy atom. The third-order valence-electron chi connectivity index (χ3n) is 7.98. The van der Waals surface area contributed by atoms with Crippen molar-refractivity contribution in [3.63, 3.8) is 0 Å². The van der Waals surface area contributed by atoms with E-state index in [0.717, 1.165) is 54.4 Å². The largest absolute Gasteiger partial charge is 0.321 e. The van der Waals surface area contributed by atoms with Gasteiger partial charge in [0.1, 0.15) is 6.04 Å². The van der Waals surface area contributed by atoms with Gasteiger partial charge in [0, 0.05) is 5.56 Å². The Kier molecular flexibility index (Phi) is 7.07. The molecule has 0 amide bonds. The summed E-state index contributed by atoms with van der Waals surface area (Å²) < 4.78 is 1.85. The minimum atomic E-state index is -0.338. The van der Waals surface area contributed by atoms with Gasteiger partial charge in [-0.15, -0.1) is 5.10 Å². The van der Waals surface area contributed by atoms with Crippen molar-refractivity contribution in [2.24, 2.45) is 5.92 Å². The molecule has 6 rings (SSSR count). The van der Waals surface area contributed by atoms with Gasteiger partial charge in [-0.05, 0) is 96.8 Å². The molecule has 0 saturated carbocycles. The van der Waals surface area contributed by atoms with Crippen LogP contribution >= 0.6 is 0 Å².